The lowest BCUT2D eigenvalue weighted by Crippen LogP contribution is -2.09. The minimum Gasteiger partial charge on any atom is -0.490 e. The second-order valence-corrected chi connectivity index (χ2v) is 3.73. The first kappa shape index (κ1) is 12.3. The van der Waals surface area contributed by atoms with Gasteiger partial charge < -0.3 is 10.1 Å². The van der Waals surface area contributed by atoms with E-state index in [4.69, 9.17) is 4.74 Å². The summed E-state index contributed by atoms with van der Waals surface area (Å²) in [4.78, 5) is 12.6. The fraction of sp³-hybridized carbons (Fsp3) is 0.455. The average molecular weight is 248 g/mol. The quantitative estimate of drug-likeness (QED) is 0.873. The Balaban J connectivity index is 2.56. The van der Waals surface area contributed by atoms with E-state index >= 15 is 0 Å². The Morgan fingerprint density at radius 2 is 2.11 bits per heavy atom. The smallest absolute Gasteiger partial charge is 0.206 e. The molecule has 0 amide bonds. The lowest BCUT2D eigenvalue weighted by atomic mass is 10.4. The van der Waals surface area contributed by atoms with Crippen LogP contribution >= 0.6 is 0 Å². The summed E-state index contributed by atoms with van der Waals surface area (Å²) in [5.41, 5.74) is 0. The molecule has 0 radical (unpaired) electrons. The van der Waals surface area contributed by atoms with Crippen LogP contribution in [0.1, 0.15) is 18.6 Å². The molecule has 18 heavy (non-hydrogen) atoms. The maximum Gasteiger partial charge on any atom is 0.206 e. The molecule has 2 aromatic heterocycles. The predicted molar refractivity (Wildman–Crippen MR) is 67.1 cm³/mol. The molecule has 0 saturated heterocycles. The van der Waals surface area contributed by atoms with Gasteiger partial charge in [-0.25, -0.2) is 15.0 Å². The van der Waals surface area contributed by atoms with E-state index in [1.165, 1.54) is 6.33 Å². The monoisotopic (exact) mass is 248 g/mol. The van der Waals surface area contributed by atoms with Gasteiger partial charge in [0.05, 0.1) is 7.11 Å². The Hall–Kier alpha value is -2.18. The third kappa shape index (κ3) is 2.11. The van der Waals surface area contributed by atoms with Crippen molar-refractivity contribution in [2.75, 3.05) is 19.0 Å². The molecule has 2 rings (SSSR count). The molecule has 0 aliphatic rings. The molecule has 0 spiro atoms. The van der Waals surface area contributed by atoms with Gasteiger partial charge in [-0.1, -0.05) is 0 Å². The van der Waals surface area contributed by atoms with Gasteiger partial charge in [0.2, 0.25) is 11.6 Å². The standard InChI is InChI=1S/C11H16N6O/c1-5-12-10-9(18-4)11(14-6-13-10)17-8(3)15-7(2)16-17/h6H,5H2,1-4H3,(H,12,13,14). The zero-order chi connectivity index (χ0) is 13.1. The molecule has 0 unspecified atom stereocenters. The van der Waals surface area contributed by atoms with E-state index in [1.54, 1.807) is 11.8 Å². The third-order valence-electron chi connectivity index (χ3n) is 2.41. The Labute approximate surface area is 105 Å². The summed E-state index contributed by atoms with van der Waals surface area (Å²) in [6.45, 7) is 6.45. The van der Waals surface area contributed by atoms with Crippen molar-refractivity contribution in [2.45, 2.75) is 20.8 Å². The molecule has 0 aromatic carbocycles. The highest BCUT2D eigenvalue weighted by Crippen LogP contribution is 2.27. The second-order valence-electron chi connectivity index (χ2n) is 3.73. The van der Waals surface area contributed by atoms with Gasteiger partial charge in [0.1, 0.15) is 18.0 Å². The van der Waals surface area contributed by atoms with Crippen molar-refractivity contribution in [3.63, 3.8) is 0 Å². The Morgan fingerprint density at radius 3 is 2.67 bits per heavy atom. The van der Waals surface area contributed by atoms with Crippen LogP contribution in [0.25, 0.3) is 5.82 Å². The number of ether oxygens (including phenoxy) is 1. The number of nitrogens with one attached hydrogen (secondary N) is 1. The van der Waals surface area contributed by atoms with Crippen LogP contribution in [-0.4, -0.2) is 38.4 Å². The molecule has 2 aromatic rings. The zero-order valence-electron chi connectivity index (χ0n) is 10.9. The summed E-state index contributed by atoms with van der Waals surface area (Å²) in [6, 6.07) is 0. The van der Waals surface area contributed by atoms with Crippen LogP contribution in [0.3, 0.4) is 0 Å². The largest absolute Gasteiger partial charge is 0.490 e. The number of hydrogen-bond donors (Lipinski definition) is 1. The minimum atomic E-state index is 0.562. The van der Waals surface area contributed by atoms with Gasteiger partial charge in [-0.15, -0.1) is 5.10 Å². The van der Waals surface area contributed by atoms with Crippen LogP contribution in [-0.2, 0) is 0 Å². The number of aromatic nitrogens is 5. The van der Waals surface area contributed by atoms with Crippen LogP contribution in [0.5, 0.6) is 5.75 Å². The summed E-state index contributed by atoms with van der Waals surface area (Å²) in [6.07, 6.45) is 1.48. The summed E-state index contributed by atoms with van der Waals surface area (Å²) in [5, 5.41) is 7.42. The van der Waals surface area contributed by atoms with Gasteiger partial charge >= 0.3 is 0 Å². The van der Waals surface area contributed by atoms with Crippen molar-refractivity contribution >= 4 is 5.82 Å². The van der Waals surface area contributed by atoms with Crippen LogP contribution in [0.2, 0.25) is 0 Å². The fourth-order valence-electron chi connectivity index (χ4n) is 1.72. The third-order valence-corrected chi connectivity index (χ3v) is 2.41. The minimum absolute atomic E-state index is 0.562. The molecule has 0 bridgehead atoms. The number of aryl methyl sites for hydroxylation is 2. The molecule has 0 atom stereocenters. The first-order valence-corrected chi connectivity index (χ1v) is 5.70. The van der Waals surface area contributed by atoms with Crippen LogP contribution in [0.15, 0.2) is 6.33 Å². The van der Waals surface area contributed by atoms with Gasteiger partial charge in [0, 0.05) is 6.54 Å². The molecule has 0 fully saturated rings. The molecular formula is C11H16N6O. The number of hydrogen-bond acceptors (Lipinski definition) is 6. The molecule has 2 heterocycles. The molecule has 7 heteroatoms. The van der Waals surface area contributed by atoms with Crippen molar-refractivity contribution < 1.29 is 4.74 Å². The second kappa shape index (κ2) is 4.99. The zero-order valence-corrected chi connectivity index (χ0v) is 10.9. The van der Waals surface area contributed by atoms with Crippen LogP contribution < -0.4 is 10.1 Å². The van der Waals surface area contributed by atoms with Crippen molar-refractivity contribution in [1.82, 2.24) is 24.7 Å². The molecule has 0 saturated carbocycles. The Kier molecular flexibility index (Phi) is 3.40. The van der Waals surface area contributed by atoms with Crippen molar-refractivity contribution in [2.24, 2.45) is 0 Å². The Morgan fingerprint density at radius 1 is 1.33 bits per heavy atom. The van der Waals surface area contributed by atoms with E-state index in [0.717, 1.165) is 12.4 Å². The van der Waals surface area contributed by atoms with E-state index in [0.29, 0.717) is 23.2 Å². The molecule has 96 valence electrons. The lowest BCUT2D eigenvalue weighted by molar-refractivity contribution is 0.408. The topological polar surface area (TPSA) is 77.8 Å². The first-order valence-electron chi connectivity index (χ1n) is 5.70. The molecule has 7 nitrogen and oxygen atoms in total. The SMILES string of the molecule is CCNc1ncnc(-n2nc(C)nc2C)c1OC. The highest BCUT2D eigenvalue weighted by atomic mass is 16.5. The van der Waals surface area contributed by atoms with Crippen LogP contribution in [0.4, 0.5) is 5.82 Å². The van der Waals surface area contributed by atoms with Crippen LogP contribution in [0, 0.1) is 13.8 Å². The number of anilines is 1. The van der Waals surface area contributed by atoms with E-state index in [2.05, 4.69) is 25.4 Å². The van der Waals surface area contributed by atoms with Crippen molar-refractivity contribution in [3.05, 3.63) is 18.0 Å². The average Bonchev–Trinajstić information content (AvgIpc) is 2.68. The molecule has 0 aliphatic carbocycles. The van der Waals surface area contributed by atoms with E-state index in [1.807, 2.05) is 20.8 Å². The fourth-order valence-corrected chi connectivity index (χ4v) is 1.72. The summed E-state index contributed by atoms with van der Waals surface area (Å²) in [5.74, 6) is 3.25. The number of rotatable bonds is 4. The molecule has 1 N–H and O–H groups in total. The number of nitrogens with zero attached hydrogens (tertiary/aromatic N) is 5. The van der Waals surface area contributed by atoms with Crippen molar-refractivity contribution in [1.29, 1.82) is 0 Å². The number of methoxy groups -OCH3 is 1. The van der Waals surface area contributed by atoms with Gasteiger partial charge in [-0.05, 0) is 20.8 Å². The highest BCUT2D eigenvalue weighted by molar-refractivity contribution is 5.57. The maximum atomic E-state index is 5.37. The highest BCUT2D eigenvalue weighted by Gasteiger charge is 2.16. The molecular weight excluding hydrogens is 232 g/mol. The summed E-state index contributed by atoms with van der Waals surface area (Å²) < 4.78 is 7.02. The summed E-state index contributed by atoms with van der Waals surface area (Å²) in [7, 11) is 1.59. The van der Waals surface area contributed by atoms with Crippen molar-refractivity contribution in [3.8, 4) is 11.6 Å². The van der Waals surface area contributed by atoms with Gasteiger partial charge in [0.25, 0.3) is 0 Å². The normalized spacial score (nSPS) is 10.4. The van der Waals surface area contributed by atoms with E-state index in [9.17, 15) is 0 Å². The van der Waals surface area contributed by atoms with Gasteiger partial charge in [0.15, 0.2) is 5.82 Å². The Bertz CT molecular complexity index is 550. The maximum absolute atomic E-state index is 5.37. The molecule has 0 aliphatic heterocycles. The first-order chi connectivity index (χ1) is 8.67. The summed E-state index contributed by atoms with van der Waals surface area (Å²) >= 11 is 0. The van der Waals surface area contributed by atoms with E-state index in [-0.39, 0.29) is 0 Å². The van der Waals surface area contributed by atoms with E-state index < -0.39 is 0 Å². The lowest BCUT2D eigenvalue weighted by Gasteiger charge is -2.12. The predicted octanol–water partition coefficient (Wildman–Crippen LogP) is 1.11. The van der Waals surface area contributed by atoms with Gasteiger partial charge in [-0.3, -0.25) is 0 Å². The van der Waals surface area contributed by atoms with Gasteiger partial charge in [-0.2, -0.15) is 4.68 Å².